The lowest BCUT2D eigenvalue weighted by molar-refractivity contribution is 0.988. The van der Waals surface area contributed by atoms with Gasteiger partial charge in [0.1, 0.15) is 5.82 Å². The third kappa shape index (κ3) is 3.83. The van der Waals surface area contributed by atoms with Crippen molar-refractivity contribution in [2.75, 3.05) is 24.3 Å². The molecular weight excluding hydrogens is 260 g/mol. The van der Waals surface area contributed by atoms with E-state index < -0.39 is 0 Å². The molecule has 2 aromatic rings. The highest BCUT2D eigenvalue weighted by Gasteiger charge is 2.03. The predicted octanol–water partition coefficient (Wildman–Crippen LogP) is 3.12. The Morgan fingerprint density at radius 3 is 2.47 bits per heavy atom. The van der Waals surface area contributed by atoms with Gasteiger partial charge < -0.3 is 10.2 Å². The van der Waals surface area contributed by atoms with E-state index in [0.717, 1.165) is 22.1 Å². The van der Waals surface area contributed by atoms with Crippen molar-refractivity contribution in [2.24, 2.45) is 0 Å². The molecule has 0 fully saturated rings. The Morgan fingerprint density at radius 2 is 1.84 bits per heavy atom. The number of rotatable bonds is 4. The summed E-state index contributed by atoms with van der Waals surface area (Å²) in [5, 5.41) is 3.97. The van der Waals surface area contributed by atoms with E-state index in [1.54, 1.807) is 0 Å². The summed E-state index contributed by atoms with van der Waals surface area (Å²) in [7, 11) is 3.93. The minimum atomic E-state index is 0.638. The molecule has 1 heterocycles. The van der Waals surface area contributed by atoms with Crippen LogP contribution in [0.5, 0.6) is 0 Å². The van der Waals surface area contributed by atoms with E-state index >= 15 is 0 Å². The van der Waals surface area contributed by atoms with E-state index in [1.165, 1.54) is 0 Å². The lowest BCUT2D eigenvalue weighted by Crippen LogP contribution is -2.13. The summed E-state index contributed by atoms with van der Waals surface area (Å²) in [6.45, 7) is 2.63. The quantitative estimate of drug-likeness (QED) is 0.932. The Kier molecular flexibility index (Phi) is 4.22. The largest absolute Gasteiger partial charge is 0.363 e. The van der Waals surface area contributed by atoms with Gasteiger partial charge in [0.25, 0.3) is 0 Å². The summed E-state index contributed by atoms with van der Waals surface area (Å²) in [5.74, 6) is 1.53. The molecule has 0 aliphatic rings. The second-order valence-electron chi connectivity index (χ2n) is 4.57. The Labute approximate surface area is 118 Å². The number of halogens is 1. The monoisotopic (exact) mass is 276 g/mol. The highest BCUT2D eigenvalue weighted by molar-refractivity contribution is 6.30. The fraction of sp³-hybridized carbons (Fsp3) is 0.286. The highest BCUT2D eigenvalue weighted by Crippen LogP contribution is 2.14. The van der Waals surface area contributed by atoms with Crippen molar-refractivity contribution in [2.45, 2.75) is 13.5 Å². The van der Waals surface area contributed by atoms with Crippen LogP contribution in [0, 0.1) is 6.92 Å². The fourth-order valence-corrected chi connectivity index (χ4v) is 1.77. The van der Waals surface area contributed by atoms with Gasteiger partial charge in [0.05, 0.1) is 0 Å². The summed E-state index contributed by atoms with van der Waals surface area (Å²) in [4.78, 5) is 10.8. The summed E-state index contributed by atoms with van der Waals surface area (Å²) in [5.41, 5.74) is 2.08. The number of nitrogens with one attached hydrogen (secondary N) is 1. The Morgan fingerprint density at radius 1 is 1.16 bits per heavy atom. The van der Waals surface area contributed by atoms with E-state index in [4.69, 9.17) is 11.6 Å². The molecule has 0 atom stereocenters. The van der Waals surface area contributed by atoms with Crippen LogP contribution in [0.15, 0.2) is 30.3 Å². The summed E-state index contributed by atoms with van der Waals surface area (Å²) < 4.78 is 0. The second kappa shape index (κ2) is 5.89. The molecule has 0 amide bonds. The zero-order chi connectivity index (χ0) is 13.8. The van der Waals surface area contributed by atoms with Crippen LogP contribution in [-0.2, 0) is 6.54 Å². The van der Waals surface area contributed by atoms with Gasteiger partial charge in [-0.25, -0.2) is 4.98 Å². The van der Waals surface area contributed by atoms with Gasteiger partial charge in [0.2, 0.25) is 5.95 Å². The molecule has 1 aromatic heterocycles. The number of aromatic nitrogens is 2. The van der Waals surface area contributed by atoms with Crippen molar-refractivity contribution in [1.82, 2.24) is 9.97 Å². The van der Waals surface area contributed by atoms with Crippen LogP contribution in [0.3, 0.4) is 0 Å². The van der Waals surface area contributed by atoms with Crippen LogP contribution in [0.25, 0.3) is 0 Å². The van der Waals surface area contributed by atoms with Gasteiger partial charge in [-0.3, -0.25) is 0 Å². The average Bonchev–Trinajstić information content (AvgIpc) is 2.37. The highest BCUT2D eigenvalue weighted by atomic mass is 35.5. The summed E-state index contributed by atoms with van der Waals surface area (Å²) >= 11 is 5.85. The van der Waals surface area contributed by atoms with Crippen LogP contribution in [0.4, 0.5) is 11.8 Å². The Bertz CT molecular complexity index is 552. The van der Waals surface area contributed by atoms with Gasteiger partial charge in [-0.15, -0.1) is 0 Å². The molecule has 0 aliphatic carbocycles. The smallest absolute Gasteiger partial charge is 0.225 e. The number of anilines is 2. The first-order chi connectivity index (χ1) is 9.04. The lowest BCUT2D eigenvalue weighted by atomic mass is 10.2. The molecule has 1 N–H and O–H groups in total. The number of nitrogens with zero attached hydrogens (tertiary/aromatic N) is 3. The van der Waals surface area contributed by atoms with E-state index in [1.807, 2.05) is 56.3 Å². The van der Waals surface area contributed by atoms with Crippen molar-refractivity contribution in [1.29, 1.82) is 0 Å². The fourth-order valence-electron chi connectivity index (χ4n) is 1.64. The van der Waals surface area contributed by atoms with E-state index in [9.17, 15) is 0 Å². The van der Waals surface area contributed by atoms with E-state index in [2.05, 4.69) is 15.3 Å². The molecule has 0 bridgehead atoms. The Hall–Kier alpha value is -1.81. The van der Waals surface area contributed by atoms with Crippen molar-refractivity contribution >= 4 is 23.4 Å². The molecule has 0 aliphatic heterocycles. The molecule has 5 heteroatoms. The summed E-state index contributed by atoms with van der Waals surface area (Å²) in [6, 6.07) is 9.67. The van der Waals surface area contributed by atoms with Crippen LogP contribution >= 0.6 is 11.6 Å². The third-order valence-corrected chi connectivity index (χ3v) is 2.91. The maximum absolute atomic E-state index is 5.85. The molecule has 0 spiro atoms. The van der Waals surface area contributed by atoms with Crippen molar-refractivity contribution in [3.05, 3.63) is 46.6 Å². The molecule has 1 aromatic carbocycles. The topological polar surface area (TPSA) is 41.1 Å². The minimum absolute atomic E-state index is 0.638. The number of benzene rings is 1. The van der Waals surface area contributed by atoms with Gasteiger partial charge in [0, 0.05) is 37.4 Å². The zero-order valence-electron chi connectivity index (χ0n) is 11.3. The molecule has 0 unspecified atom stereocenters. The molecular formula is C14H17ClN4. The maximum Gasteiger partial charge on any atom is 0.225 e. The zero-order valence-corrected chi connectivity index (χ0v) is 12.1. The molecule has 2 rings (SSSR count). The molecule has 0 saturated heterocycles. The van der Waals surface area contributed by atoms with Gasteiger partial charge in [-0.05, 0) is 24.6 Å². The summed E-state index contributed by atoms with van der Waals surface area (Å²) in [6.07, 6.45) is 0. The maximum atomic E-state index is 5.85. The van der Waals surface area contributed by atoms with Crippen LogP contribution in [0.1, 0.15) is 11.3 Å². The molecule has 4 nitrogen and oxygen atoms in total. The second-order valence-corrected chi connectivity index (χ2v) is 5.00. The molecule has 0 radical (unpaired) electrons. The van der Waals surface area contributed by atoms with Crippen molar-refractivity contribution in [3.63, 3.8) is 0 Å². The third-order valence-electron chi connectivity index (χ3n) is 2.66. The molecule has 0 saturated carbocycles. The average molecular weight is 277 g/mol. The van der Waals surface area contributed by atoms with Crippen molar-refractivity contribution < 1.29 is 0 Å². The number of hydrogen-bond donors (Lipinski definition) is 1. The first-order valence-corrected chi connectivity index (χ1v) is 6.44. The Balaban J connectivity index is 2.08. The number of aryl methyl sites for hydroxylation is 1. The van der Waals surface area contributed by atoms with Gasteiger partial charge in [0.15, 0.2) is 0 Å². The normalized spacial score (nSPS) is 10.3. The van der Waals surface area contributed by atoms with E-state index in [0.29, 0.717) is 12.5 Å². The van der Waals surface area contributed by atoms with E-state index in [-0.39, 0.29) is 0 Å². The standard InChI is InChI=1S/C14H17ClN4/c1-10-8-13(19(2)3)18-14(17-10)16-9-11-4-6-12(15)7-5-11/h4-8H,9H2,1-3H3,(H,16,17,18). The lowest BCUT2D eigenvalue weighted by Gasteiger charge is -2.13. The predicted molar refractivity (Wildman–Crippen MR) is 79.9 cm³/mol. The number of hydrogen-bond acceptors (Lipinski definition) is 4. The van der Waals surface area contributed by atoms with Gasteiger partial charge >= 0.3 is 0 Å². The first-order valence-electron chi connectivity index (χ1n) is 6.06. The SMILES string of the molecule is Cc1cc(N(C)C)nc(NCc2ccc(Cl)cc2)n1. The molecule has 100 valence electrons. The van der Waals surface area contributed by atoms with Gasteiger partial charge in [-0.2, -0.15) is 4.98 Å². The van der Waals surface area contributed by atoms with Crippen molar-refractivity contribution in [3.8, 4) is 0 Å². The van der Waals surface area contributed by atoms with Gasteiger partial charge in [-0.1, -0.05) is 23.7 Å². The van der Waals surface area contributed by atoms with Crippen LogP contribution in [-0.4, -0.2) is 24.1 Å². The minimum Gasteiger partial charge on any atom is -0.363 e. The van der Waals surface area contributed by atoms with Crippen LogP contribution < -0.4 is 10.2 Å². The van der Waals surface area contributed by atoms with Crippen LogP contribution in [0.2, 0.25) is 5.02 Å². The molecule has 19 heavy (non-hydrogen) atoms. The first kappa shape index (κ1) is 13.6.